The Bertz CT molecular complexity index is 602. The molecule has 1 aliphatic rings. The Morgan fingerprint density at radius 1 is 1.37 bits per heavy atom. The van der Waals surface area contributed by atoms with Crippen LogP contribution in [0.2, 0.25) is 0 Å². The van der Waals surface area contributed by atoms with Crippen LogP contribution < -0.4 is 4.90 Å². The molecule has 1 aromatic carbocycles. The van der Waals surface area contributed by atoms with E-state index in [1.807, 2.05) is 24.4 Å². The second kappa shape index (κ2) is 5.10. The van der Waals surface area contributed by atoms with E-state index in [9.17, 15) is 5.11 Å². The Labute approximate surface area is 121 Å². The van der Waals surface area contributed by atoms with Gasteiger partial charge in [-0.15, -0.1) is 0 Å². The van der Waals surface area contributed by atoms with E-state index in [1.54, 1.807) is 0 Å². The van der Waals surface area contributed by atoms with Crippen LogP contribution in [0.1, 0.15) is 13.3 Å². The number of rotatable bonds is 2. The van der Waals surface area contributed by atoms with Crippen molar-refractivity contribution < 1.29 is 5.11 Å². The summed E-state index contributed by atoms with van der Waals surface area (Å²) in [6.45, 7) is 3.35. The van der Waals surface area contributed by atoms with Crippen molar-refractivity contribution in [3.8, 4) is 0 Å². The fourth-order valence-electron chi connectivity index (χ4n) is 2.93. The van der Waals surface area contributed by atoms with Crippen LogP contribution in [0.25, 0.3) is 10.8 Å². The van der Waals surface area contributed by atoms with Crippen molar-refractivity contribution in [2.24, 2.45) is 5.92 Å². The highest BCUT2D eigenvalue weighted by molar-refractivity contribution is 9.10. The Hall–Kier alpha value is -1.13. The van der Waals surface area contributed by atoms with E-state index in [0.29, 0.717) is 5.92 Å². The summed E-state index contributed by atoms with van der Waals surface area (Å²) in [4.78, 5) is 6.81. The summed E-state index contributed by atoms with van der Waals surface area (Å²) in [5, 5.41) is 11.9. The van der Waals surface area contributed by atoms with Crippen LogP contribution in [0.5, 0.6) is 0 Å². The molecule has 1 N–H and O–H groups in total. The van der Waals surface area contributed by atoms with Gasteiger partial charge in [-0.05, 0) is 24.5 Å². The topological polar surface area (TPSA) is 36.4 Å². The van der Waals surface area contributed by atoms with Gasteiger partial charge in [0.05, 0.1) is 12.6 Å². The van der Waals surface area contributed by atoms with E-state index in [0.717, 1.165) is 28.6 Å². The molecule has 19 heavy (non-hydrogen) atoms. The van der Waals surface area contributed by atoms with Gasteiger partial charge in [-0.2, -0.15) is 0 Å². The van der Waals surface area contributed by atoms with Gasteiger partial charge in [0.15, 0.2) is 0 Å². The Kier molecular flexibility index (Phi) is 3.46. The van der Waals surface area contributed by atoms with Crippen LogP contribution >= 0.6 is 15.9 Å². The highest BCUT2D eigenvalue weighted by Gasteiger charge is 2.32. The molecule has 3 rings (SSSR count). The molecule has 2 aromatic rings. The van der Waals surface area contributed by atoms with Gasteiger partial charge < -0.3 is 10.0 Å². The number of hydrogen-bond donors (Lipinski definition) is 1. The molecule has 0 bridgehead atoms. The normalized spacial score (nSPS) is 23.2. The number of hydrogen-bond acceptors (Lipinski definition) is 3. The molecule has 1 aromatic heterocycles. The standard InChI is InChI=1S/C15H17BrN2O/c1-10-6-8-18(14(10)9-19)15-12-3-2-4-13(16)11(12)5-7-17-15/h2-5,7,10,14,19H,6,8-9H2,1H3. The van der Waals surface area contributed by atoms with Gasteiger partial charge in [-0.25, -0.2) is 4.98 Å². The van der Waals surface area contributed by atoms with Gasteiger partial charge in [0.2, 0.25) is 0 Å². The first-order valence-corrected chi connectivity index (χ1v) is 7.42. The molecule has 0 aliphatic carbocycles. The third kappa shape index (κ3) is 2.13. The van der Waals surface area contributed by atoms with Crippen molar-refractivity contribution >= 4 is 32.5 Å². The summed E-state index contributed by atoms with van der Waals surface area (Å²) >= 11 is 3.59. The maximum absolute atomic E-state index is 9.62. The highest BCUT2D eigenvalue weighted by Crippen LogP contribution is 2.34. The van der Waals surface area contributed by atoms with Crippen LogP contribution in [-0.4, -0.2) is 29.3 Å². The average molecular weight is 321 g/mol. The minimum atomic E-state index is 0.178. The van der Waals surface area contributed by atoms with Gasteiger partial charge in [0.25, 0.3) is 0 Å². The Morgan fingerprint density at radius 3 is 3.00 bits per heavy atom. The molecule has 2 heterocycles. The van der Waals surface area contributed by atoms with Crippen molar-refractivity contribution in [2.45, 2.75) is 19.4 Å². The van der Waals surface area contributed by atoms with E-state index >= 15 is 0 Å². The van der Waals surface area contributed by atoms with E-state index in [2.05, 4.69) is 38.8 Å². The molecule has 100 valence electrons. The summed E-state index contributed by atoms with van der Waals surface area (Å²) < 4.78 is 1.08. The van der Waals surface area contributed by atoms with Crippen LogP contribution in [0.15, 0.2) is 34.9 Å². The zero-order valence-electron chi connectivity index (χ0n) is 10.9. The lowest BCUT2D eigenvalue weighted by molar-refractivity contribution is 0.244. The van der Waals surface area contributed by atoms with Crippen LogP contribution in [-0.2, 0) is 0 Å². The van der Waals surface area contributed by atoms with Gasteiger partial charge in [-0.1, -0.05) is 35.0 Å². The molecule has 1 aliphatic heterocycles. The first-order chi connectivity index (χ1) is 9.22. The molecule has 2 atom stereocenters. The van der Waals surface area contributed by atoms with Crippen molar-refractivity contribution in [3.63, 3.8) is 0 Å². The Balaban J connectivity index is 2.13. The lowest BCUT2D eigenvalue weighted by Gasteiger charge is -2.27. The lowest BCUT2D eigenvalue weighted by Crippen LogP contribution is -2.35. The minimum absolute atomic E-state index is 0.178. The fraction of sp³-hybridized carbons (Fsp3) is 0.400. The molecule has 3 nitrogen and oxygen atoms in total. The minimum Gasteiger partial charge on any atom is -0.394 e. The largest absolute Gasteiger partial charge is 0.394 e. The van der Waals surface area contributed by atoms with E-state index in [4.69, 9.17) is 0 Å². The van der Waals surface area contributed by atoms with E-state index in [-0.39, 0.29) is 12.6 Å². The average Bonchev–Trinajstić information content (AvgIpc) is 2.79. The lowest BCUT2D eigenvalue weighted by atomic mass is 10.0. The first kappa shape index (κ1) is 12.9. The number of pyridine rings is 1. The van der Waals surface area contributed by atoms with Crippen molar-refractivity contribution in [3.05, 3.63) is 34.9 Å². The van der Waals surface area contributed by atoms with Crippen LogP contribution in [0, 0.1) is 5.92 Å². The molecule has 0 radical (unpaired) electrons. The van der Waals surface area contributed by atoms with E-state index < -0.39 is 0 Å². The third-order valence-corrected chi connectivity index (χ3v) is 4.76. The predicted molar refractivity (Wildman–Crippen MR) is 81.4 cm³/mol. The molecule has 4 heteroatoms. The smallest absolute Gasteiger partial charge is 0.136 e. The molecular weight excluding hydrogens is 304 g/mol. The number of halogens is 1. The quantitative estimate of drug-likeness (QED) is 0.923. The third-order valence-electron chi connectivity index (χ3n) is 4.07. The maximum Gasteiger partial charge on any atom is 0.136 e. The summed E-state index contributed by atoms with van der Waals surface area (Å²) in [6, 6.07) is 8.38. The first-order valence-electron chi connectivity index (χ1n) is 6.63. The summed E-state index contributed by atoms with van der Waals surface area (Å²) in [6.07, 6.45) is 2.96. The Morgan fingerprint density at radius 2 is 2.21 bits per heavy atom. The van der Waals surface area contributed by atoms with E-state index in [1.165, 1.54) is 5.39 Å². The monoisotopic (exact) mass is 320 g/mol. The summed E-state index contributed by atoms with van der Waals surface area (Å²) in [5.74, 6) is 1.50. The molecule has 0 spiro atoms. The zero-order chi connectivity index (χ0) is 13.4. The van der Waals surface area contributed by atoms with Gasteiger partial charge in [-0.3, -0.25) is 0 Å². The molecular formula is C15H17BrN2O. The molecule has 1 fully saturated rings. The van der Waals surface area contributed by atoms with Gasteiger partial charge in [0, 0.05) is 28.0 Å². The second-order valence-electron chi connectivity index (χ2n) is 5.18. The number of nitrogens with zero attached hydrogens (tertiary/aromatic N) is 2. The maximum atomic E-state index is 9.62. The van der Waals surface area contributed by atoms with Gasteiger partial charge >= 0.3 is 0 Å². The summed E-state index contributed by atoms with van der Waals surface area (Å²) in [7, 11) is 0. The van der Waals surface area contributed by atoms with Crippen molar-refractivity contribution in [2.75, 3.05) is 18.1 Å². The van der Waals surface area contributed by atoms with Gasteiger partial charge in [0.1, 0.15) is 5.82 Å². The molecule has 0 saturated carbocycles. The molecule has 2 unspecified atom stereocenters. The second-order valence-corrected chi connectivity index (χ2v) is 6.03. The highest BCUT2D eigenvalue weighted by atomic mass is 79.9. The number of benzene rings is 1. The predicted octanol–water partition coefficient (Wildman–Crippen LogP) is 3.20. The SMILES string of the molecule is CC1CCN(c2nccc3c(Br)cccc23)C1CO. The molecule has 0 amide bonds. The number of fused-ring (bicyclic) bond motifs is 1. The van der Waals surface area contributed by atoms with Crippen LogP contribution in [0.3, 0.4) is 0 Å². The fourth-order valence-corrected chi connectivity index (χ4v) is 3.43. The van der Waals surface area contributed by atoms with Crippen LogP contribution in [0.4, 0.5) is 5.82 Å². The zero-order valence-corrected chi connectivity index (χ0v) is 12.5. The number of aromatic nitrogens is 1. The number of aliphatic hydroxyl groups excluding tert-OH is 1. The van der Waals surface area contributed by atoms with Crippen molar-refractivity contribution in [1.82, 2.24) is 4.98 Å². The molecule has 1 saturated heterocycles. The number of anilines is 1. The summed E-state index contributed by atoms with van der Waals surface area (Å²) in [5.41, 5.74) is 0. The van der Waals surface area contributed by atoms with Crippen molar-refractivity contribution in [1.29, 1.82) is 0 Å². The number of aliphatic hydroxyl groups is 1.